The molecule has 4 nitrogen and oxygen atoms in total. The third kappa shape index (κ3) is 3.60. The second-order valence-corrected chi connectivity index (χ2v) is 8.12. The SMILES string of the molecule is CCC[C@@H]1C[C@@](C)(CC(C)(C)C)c2cc([N+](=O)[O-])ccc2N1. The van der Waals surface area contributed by atoms with Gasteiger partial charge in [-0.05, 0) is 41.7 Å². The van der Waals surface area contributed by atoms with Gasteiger partial charge in [0.25, 0.3) is 5.69 Å². The Balaban J connectivity index is 2.47. The maximum atomic E-state index is 11.1. The van der Waals surface area contributed by atoms with Crippen LogP contribution >= 0.6 is 0 Å². The summed E-state index contributed by atoms with van der Waals surface area (Å²) in [6, 6.07) is 5.72. The monoisotopic (exact) mass is 304 g/mol. The first-order valence-corrected chi connectivity index (χ1v) is 8.20. The summed E-state index contributed by atoms with van der Waals surface area (Å²) in [5, 5.41) is 14.7. The Bertz CT molecular complexity index is 563. The van der Waals surface area contributed by atoms with Crippen molar-refractivity contribution in [2.24, 2.45) is 5.41 Å². The van der Waals surface area contributed by atoms with Gasteiger partial charge in [0.15, 0.2) is 0 Å². The van der Waals surface area contributed by atoms with Crippen LogP contribution in [-0.4, -0.2) is 11.0 Å². The molecule has 1 N–H and O–H groups in total. The van der Waals surface area contributed by atoms with Gasteiger partial charge in [0.2, 0.25) is 0 Å². The Morgan fingerprint density at radius 1 is 1.41 bits per heavy atom. The van der Waals surface area contributed by atoms with Crippen LogP contribution < -0.4 is 5.32 Å². The van der Waals surface area contributed by atoms with Gasteiger partial charge in [-0.15, -0.1) is 0 Å². The highest BCUT2D eigenvalue weighted by Crippen LogP contribution is 2.47. The lowest BCUT2D eigenvalue weighted by Gasteiger charge is -2.44. The number of anilines is 1. The van der Waals surface area contributed by atoms with E-state index in [0.717, 1.165) is 36.9 Å². The van der Waals surface area contributed by atoms with E-state index in [-0.39, 0.29) is 21.4 Å². The van der Waals surface area contributed by atoms with E-state index in [1.165, 1.54) is 0 Å². The molecular weight excluding hydrogens is 276 g/mol. The van der Waals surface area contributed by atoms with Crippen LogP contribution in [0.1, 0.15) is 65.9 Å². The molecule has 1 heterocycles. The van der Waals surface area contributed by atoms with Crippen molar-refractivity contribution < 1.29 is 4.92 Å². The highest BCUT2D eigenvalue weighted by Gasteiger charge is 2.39. The number of nitrogens with one attached hydrogen (secondary N) is 1. The number of rotatable bonds is 4. The molecule has 1 aromatic rings. The first kappa shape index (κ1) is 16.8. The van der Waals surface area contributed by atoms with Crippen molar-refractivity contribution in [1.29, 1.82) is 0 Å². The molecule has 0 saturated heterocycles. The number of benzene rings is 1. The molecule has 122 valence electrons. The normalized spacial score (nSPS) is 24.5. The van der Waals surface area contributed by atoms with Crippen LogP contribution in [0.25, 0.3) is 0 Å². The summed E-state index contributed by atoms with van der Waals surface area (Å²) < 4.78 is 0. The zero-order valence-corrected chi connectivity index (χ0v) is 14.4. The van der Waals surface area contributed by atoms with Gasteiger partial charge in [0, 0.05) is 23.9 Å². The van der Waals surface area contributed by atoms with Gasteiger partial charge in [-0.2, -0.15) is 0 Å². The molecule has 1 aliphatic heterocycles. The van der Waals surface area contributed by atoms with E-state index < -0.39 is 0 Å². The summed E-state index contributed by atoms with van der Waals surface area (Å²) in [7, 11) is 0. The molecule has 2 rings (SSSR count). The molecule has 0 saturated carbocycles. The first-order valence-electron chi connectivity index (χ1n) is 8.20. The van der Waals surface area contributed by atoms with Crippen LogP contribution in [0, 0.1) is 15.5 Å². The van der Waals surface area contributed by atoms with Crippen molar-refractivity contribution in [3.63, 3.8) is 0 Å². The molecule has 0 radical (unpaired) electrons. The Morgan fingerprint density at radius 3 is 2.64 bits per heavy atom. The van der Waals surface area contributed by atoms with Crippen LogP contribution in [0.5, 0.6) is 0 Å². The Kier molecular flexibility index (Phi) is 4.50. The van der Waals surface area contributed by atoms with Crippen molar-refractivity contribution in [3.8, 4) is 0 Å². The van der Waals surface area contributed by atoms with Gasteiger partial charge in [0.1, 0.15) is 0 Å². The minimum absolute atomic E-state index is 0.0231. The van der Waals surface area contributed by atoms with Gasteiger partial charge >= 0.3 is 0 Å². The van der Waals surface area contributed by atoms with E-state index in [4.69, 9.17) is 0 Å². The number of hydrogen-bond acceptors (Lipinski definition) is 3. The van der Waals surface area contributed by atoms with Gasteiger partial charge in [0.05, 0.1) is 4.92 Å². The zero-order chi connectivity index (χ0) is 16.5. The lowest BCUT2D eigenvalue weighted by molar-refractivity contribution is -0.385. The summed E-state index contributed by atoms with van der Waals surface area (Å²) in [6.07, 6.45) is 4.34. The number of nitro benzene ring substituents is 1. The third-order valence-corrected chi connectivity index (χ3v) is 4.48. The number of fused-ring (bicyclic) bond motifs is 1. The lowest BCUT2D eigenvalue weighted by atomic mass is 9.65. The molecule has 22 heavy (non-hydrogen) atoms. The topological polar surface area (TPSA) is 55.2 Å². The van der Waals surface area contributed by atoms with E-state index in [1.54, 1.807) is 12.1 Å². The minimum atomic E-state index is -0.296. The van der Waals surface area contributed by atoms with E-state index in [1.807, 2.05) is 6.07 Å². The number of nitrogens with zero attached hydrogens (tertiary/aromatic N) is 1. The predicted molar refractivity (Wildman–Crippen MR) is 91.5 cm³/mol. The van der Waals surface area contributed by atoms with Crippen LogP contribution in [0.2, 0.25) is 0 Å². The summed E-state index contributed by atoms with van der Waals surface area (Å²) in [6.45, 7) is 11.2. The van der Waals surface area contributed by atoms with Crippen molar-refractivity contribution in [2.75, 3.05) is 5.32 Å². The van der Waals surface area contributed by atoms with E-state index in [2.05, 4.69) is 39.9 Å². The molecule has 0 fully saturated rings. The van der Waals surface area contributed by atoms with Crippen molar-refractivity contribution in [2.45, 2.75) is 71.8 Å². The molecular formula is C18H28N2O2. The van der Waals surface area contributed by atoms with Gasteiger partial charge in [-0.3, -0.25) is 10.1 Å². The van der Waals surface area contributed by atoms with Crippen molar-refractivity contribution >= 4 is 11.4 Å². The minimum Gasteiger partial charge on any atom is -0.382 e. The number of non-ortho nitro benzene ring substituents is 1. The molecule has 0 spiro atoms. The molecule has 2 atom stereocenters. The maximum absolute atomic E-state index is 11.1. The maximum Gasteiger partial charge on any atom is 0.269 e. The molecule has 1 aliphatic rings. The largest absolute Gasteiger partial charge is 0.382 e. The second-order valence-electron chi connectivity index (χ2n) is 8.12. The highest BCUT2D eigenvalue weighted by atomic mass is 16.6. The lowest BCUT2D eigenvalue weighted by Crippen LogP contribution is -2.40. The van der Waals surface area contributed by atoms with Crippen LogP contribution in [0.3, 0.4) is 0 Å². The molecule has 0 bridgehead atoms. The zero-order valence-electron chi connectivity index (χ0n) is 14.4. The molecule has 0 aromatic heterocycles. The smallest absolute Gasteiger partial charge is 0.269 e. The Hall–Kier alpha value is -1.58. The van der Waals surface area contributed by atoms with Crippen molar-refractivity contribution in [1.82, 2.24) is 0 Å². The van der Waals surface area contributed by atoms with E-state index in [9.17, 15) is 10.1 Å². The van der Waals surface area contributed by atoms with Gasteiger partial charge < -0.3 is 5.32 Å². The highest BCUT2D eigenvalue weighted by molar-refractivity contribution is 5.61. The Labute approximate surface area is 133 Å². The fourth-order valence-electron chi connectivity index (χ4n) is 4.06. The average molecular weight is 304 g/mol. The fraction of sp³-hybridized carbons (Fsp3) is 0.667. The average Bonchev–Trinajstić information content (AvgIpc) is 2.36. The third-order valence-electron chi connectivity index (χ3n) is 4.48. The van der Waals surface area contributed by atoms with Gasteiger partial charge in [-0.1, -0.05) is 41.0 Å². The fourth-order valence-corrected chi connectivity index (χ4v) is 4.06. The summed E-state index contributed by atoms with van der Waals surface area (Å²) >= 11 is 0. The summed E-state index contributed by atoms with van der Waals surface area (Å²) in [5.41, 5.74) is 2.52. The quantitative estimate of drug-likeness (QED) is 0.608. The number of hydrogen-bond donors (Lipinski definition) is 1. The molecule has 0 unspecified atom stereocenters. The summed E-state index contributed by atoms with van der Waals surface area (Å²) in [5.74, 6) is 0. The van der Waals surface area contributed by atoms with Gasteiger partial charge in [-0.25, -0.2) is 0 Å². The van der Waals surface area contributed by atoms with Crippen molar-refractivity contribution in [3.05, 3.63) is 33.9 Å². The molecule has 1 aromatic carbocycles. The molecule has 0 amide bonds. The number of nitro groups is 1. The van der Waals surface area contributed by atoms with Crippen LogP contribution in [0.4, 0.5) is 11.4 Å². The van der Waals surface area contributed by atoms with Crippen LogP contribution in [-0.2, 0) is 5.41 Å². The van der Waals surface area contributed by atoms with E-state index >= 15 is 0 Å². The van der Waals surface area contributed by atoms with Crippen LogP contribution in [0.15, 0.2) is 18.2 Å². The van der Waals surface area contributed by atoms with E-state index in [0.29, 0.717) is 6.04 Å². The standard InChI is InChI=1S/C18H28N2O2/c1-6-7-13-11-18(5,12-17(2,3)4)15-10-14(20(21)22)8-9-16(15)19-13/h8-10,13,19H,6-7,11-12H2,1-5H3/t13-,18+/m1/s1. The summed E-state index contributed by atoms with van der Waals surface area (Å²) in [4.78, 5) is 10.8. The first-order chi connectivity index (χ1) is 10.1. The molecule has 0 aliphatic carbocycles. The second kappa shape index (κ2) is 5.90. The Morgan fingerprint density at radius 2 is 2.09 bits per heavy atom. The predicted octanol–water partition coefficient (Wildman–Crippen LogP) is 5.27. The molecule has 4 heteroatoms.